The summed E-state index contributed by atoms with van der Waals surface area (Å²) in [5, 5.41) is 2.39. The van der Waals surface area contributed by atoms with Gasteiger partial charge in [0, 0.05) is 19.1 Å². The standard InChI is InChI=1S/C14H26N2O/c1-13(2)11-4-5-14(13,3)12(10-11)15-16-6-8-17-9-7-16/h11-12,15H,4-10H2,1-3H3. The third-order valence-corrected chi connectivity index (χ3v) is 6.14. The van der Waals surface area contributed by atoms with E-state index >= 15 is 0 Å². The molecule has 0 aromatic carbocycles. The predicted octanol–water partition coefficient (Wildman–Crippen LogP) is 2.04. The van der Waals surface area contributed by atoms with Gasteiger partial charge in [-0.1, -0.05) is 20.8 Å². The second kappa shape index (κ2) is 3.94. The molecule has 1 aliphatic heterocycles. The highest BCUT2D eigenvalue weighted by Crippen LogP contribution is 2.65. The first-order chi connectivity index (χ1) is 8.04. The molecule has 2 aliphatic carbocycles. The van der Waals surface area contributed by atoms with E-state index in [0.29, 0.717) is 16.9 Å². The van der Waals surface area contributed by atoms with Crippen molar-refractivity contribution in [1.82, 2.24) is 10.4 Å². The van der Waals surface area contributed by atoms with E-state index in [4.69, 9.17) is 4.74 Å². The molecule has 1 saturated heterocycles. The van der Waals surface area contributed by atoms with Crippen LogP contribution in [0, 0.1) is 16.7 Å². The molecular weight excluding hydrogens is 212 g/mol. The zero-order valence-electron chi connectivity index (χ0n) is 11.5. The lowest BCUT2D eigenvalue weighted by atomic mass is 9.69. The number of nitrogens with one attached hydrogen (secondary N) is 1. The molecule has 1 N–H and O–H groups in total. The lowest BCUT2D eigenvalue weighted by Crippen LogP contribution is -2.55. The average Bonchev–Trinajstić information content (AvgIpc) is 2.63. The molecule has 3 rings (SSSR count). The number of morpholine rings is 1. The van der Waals surface area contributed by atoms with E-state index < -0.39 is 0 Å². The highest BCUT2D eigenvalue weighted by molar-refractivity contribution is 5.12. The molecule has 0 radical (unpaired) electrons. The first kappa shape index (κ1) is 11.9. The minimum atomic E-state index is 0.482. The Morgan fingerprint density at radius 2 is 1.88 bits per heavy atom. The number of hydrogen-bond acceptors (Lipinski definition) is 3. The minimum Gasteiger partial charge on any atom is -0.379 e. The van der Waals surface area contributed by atoms with Crippen molar-refractivity contribution in [2.45, 2.75) is 46.1 Å². The van der Waals surface area contributed by atoms with Crippen molar-refractivity contribution in [3.63, 3.8) is 0 Å². The van der Waals surface area contributed by atoms with E-state index in [-0.39, 0.29) is 0 Å². The Morgan fingerprint density at radius 1 is 1.18 bits per heavy atom. The molecule has 0 aromatic rings. The lowest BCUT2D eigenvalue weighted by Gasteiger charge is -2.42. The van der Waals surface area contributed by atoms with E-state index in [9.17, 15) is 0 Å². The molecule has 3 nitrogen and oxygen atoms in total. The SMILES string of the molecule is CC1(C)C2CCC1(C)C(NN1CCOCC1)C2. The van der Waals surface area contributed by atoms with Crippen LogP contribution in [0.5, 0.6) is 0 Å². The van der Waals surface area contributed by atoms with Crippen LogP contribution in [0.4, 0.5) is 0 Å². The van der Waals surface area contributed by atoms with Gasteiger partial charge in [0.05, 0.1) is 13.2 Å². The molecule has 1 heterocycles. The Bertz CT molecular complexity index is 299. The Balaban J connectivity index is 1.69. The maximum atomic E-state index is 5.41. The Hall–Kier alpha value is -0.120. The third-order valence-electron chi connectivity index (χ3n) is 6.14. The summed E-state index contributed by atoms with van der Waals surface area (Å²) < 4.78 is 5.41. The van der Waals surface area contributed by atoms with E-state index in [1.54, 1.807) is 0 Å². The molecule has 17 heavy (non-hydrogen) atoms. The van der Waals surface area contributed by atoms with Crippen LogP contribution in [0.1, 0.15) is 40.0 Å². The van der Waals surface area contributed by atoms with Crippen LogP contribution in [-0.4, -0.2) is 37.4 Å². The fourth-order valence-electron chi connectivity index (χ4n) is 4.31. The highest BCUT2D eigenvalue weighted by atomic mass is 16.5. The van der Waals surface area contributed by atoms with Crippen molar-refractivity contribution in [1.29, 1.82) is 0 Å². The van der Waals surface area contributed by atoms with Gasteiger partial charge >= 0.3 is 0 Å². The number of hydrogen-bond donors (Lipinski definition) is 1. The molecule has 0 aromatic heterocycles. The topological polar surface area (TPSA) is 24.5 Å². The van der Waals surface area contributed by atoms with Crippen molar-refractivity contribution in [3.05, 3.63) is 0 Å². The molecule has 3 fully saturated rings. The number of fused-ring (bicyclic) bond motifs is 2. The first-order valence-corrected chi connectivity index (χ1v) is 7.13. The molecule has 0 spiro atoms. The molecule has 3 aliphatic rings. The van der Waals surface area contributed by atoms with Crippen molar-refractivity contribution >= 4 is 0 Å². The van der Waals surface area contributed by atoms with Gasteiger partial charge < -0.3 is 4.74 Å². The van der Waals surface area contributed by atoms with Gasteiger partial charge in [0.1, 0.15) is 0 Å². The molecule has 3 unspecified atom stereocenters. The Morgan fingerprint density at radius 3 is 2.41 bits per heavy atom. The van der Waals surface area contributed by atoms with E-state index in [0.717, 1.165) is 32.2 Å². The maximum Gasteiger partial charge on any atom is 0.0608 e. The number of rotatable bonds is 2. The van der Waals surface area contributed by atoms with E-state index in [2.05, 4.69) is 31.2 Å². The minimum absolute atomic E-state index is 0.482. The predicted molar refractivity (Wildman–Crippen MR) is 68.5 cm³/mol. The van der Waals surface area contributed by atoms with Gasteiger partial charge in [0.2, 0.25) is 0 Å². The molecule has 0 amide bonds. The van der Waals surface area contributed by atoms with Gasteiger partial charge in [-0.15, -0.1) is 0 Å². The summed E-state index contributed by atoms with van der Waals surface area (Å²) in [6.07, 6.45) is 4.19. The van der Waals surface area contributed by atoms with E-state index in [1.807, 2.05) is 0 Å². The second-order valence-corrected chi connectivity index (χ2v) is 6.89. The van der Waals surface area contributed by atoms with Crippen LogP contribution < -0.4 is 5.43 Å². The second-order valence-electron chi connectivity index (χ2n) is 6.89. The smallest absolute Gasteiger partial charge is 0.0608 e. The molecule has 98 valence electrons. The summed E-state index contributed by atoms with van der Waals surface area (Å²) in [5.74, 6) is 0.922. The fraction of sp³-hybridized carbons (Fsp3) is 1.00. The van der Waals surface area contributed by atoms with Crippen LogP contribution in [0.15, 0.2) is 0 Å². The normalized spacial score (nSPS) is 45.4. The van der Waals surface area contributed by atoms with Gasteiger partial charge in [-0.3, -0.25) is 5.43 Å². The maximum absolute atomic E-state index is 5.41. The molecular formula is C14H26N2O. The monoisotopic (exact) mass is 238 g/mol. The lowest BCUT2D eigenvalue weighted by molar-refractivity contribution is -0.0160. The van der Waals surface area contributed by atoms with Gasteiger partial charge in [-0.25, -0.2) is 5.01 Å². The van der Waals surface area contributed by atoms with Crippen molar-refractivity contribution in [2.24, 2.45) is 16.7 Å². The molecule has 3 heteroatoms. The van der Waals surface area contributed by atoms with Crippen LogP contribution in [0.2, 0.25) is 0 Å². The average molecular weight is 238 g/mol. The van der Waals surface area contributed by atoms with Gasteiger partial charge in [0.25, 0.3) is 0 Å². The summed E-state index contributed by atoms with van der Waals surface area (Å²) in [5.41, 5.74) is 4.79. The largest absolute Gasteiger partial charge is 0.379 e. The van der Waals surface area contributed by atoms with Crippen molar-refractivity contribution in [3.8, 4) is 0 Å². The Labute approximate surface area is 105 Å². The molecule has 2 bridgehead atoms. The van der Waals surface area contributed by atoms with Crippen molar-refractivity contribution < 1.29 is 4.74 Å². The van der Waals surface area contributed by atoms with Crippen LogP contribution in [0.25, 0.3) is 0 Å². The van der Waals surface area contributed by atoms with Crippen LogP contribution in [-0.2, 0) is 4.74 Å². The zero-order chi connectivity index (χ0) is 12.1. The summed E-state index contributed by atoms with van der Waals surface area (Å²) in [4.78, 5) is 0. The van der Waals surface area contributed by atoms with Gasteiger partial charge in [-0.05, 0) is 36.0 Å². The fourth-order valence-corrected chi connectivity index (χ4v) is 4.31. The van der Waals surface area contributed by atoms with E-state index in [1.165, 1.54) is 19.3 Å². The summed E-state index contributed by atoms with van der Waals surface area (Å²) >= 11 is 0. The number of hydrazine groups is 1. The van der Waals surface area contributed by atoms with Crippen LogP contribution in [0.3, 0.4) is 0 Å². The molecule has 2 saturated carbocycles. The Kier molecular flexibility index (Phi) is 2.77. The third kappa shape index (κ3) is 1.66. The first-order valence-electron chi connectivity index (χ1n) is 7.13. The quantitative estimate of drug-likeness (QED) is 0.797. The number of ether oxygens (including phenoxy) is 1. The zero-order valence-corrected chi connectivity index (χ0v) is 11.5. The van der Waals surface area contributed by atoms with Crippen LogP contribution >= 0.6 is 0 Å². The summed E-state index contributed by atoms with van der Waals surface area (Å²) in [6.45, 7) is 11.3. The van der Waals surface area contributed by atoms with Gasteiger partial charge in [0.15, 0.2) is 0 Å². The summed E-state index contributed by atoms with van der Waals surface area (Å²) in [6, 6.07) is 0.675. The molecule has 3 atom stereocenters. The van der Waals surface area contributed by atoms with Gasteiger partial charge in [-0.2, -0.15) is 0 Å². The van der Waals surface area contributed by atoms with Crippen molar-refractivity contribution in [2.75, 3.05) is 26.3 Å². The number of nitrogens with zero attached hydrogens (tertiary/aromatic N) is 1. The summed E-state index contributed by atoms with van der Waals surface area (Å²) in [7, 11) is 0. The highest BCUT2D eigenvalue weighted by Gasteiger charge is 2.61.